The number of non-ortho nitro benzene ring substituents is 1. The highest BCUT2D eigenvalue weighted by molar-refractivity contribution is 6.34. The minimum Gasteiger partial charge on any atom is -0.478 e. The molecule has 8 heteroatoms. The van der Waals surface area contributed by atoms with E-state index in [1.165, 1.54) is 0 Å². The number of hydrogen-bond acceptors (Lipinski definition) is 5. The first-order valence-electron chi connectivity index (χ1n) is 5.88. The number of anilines is 1. The summed E-state index contributed by atoms with van der Waals surface area (Å²) in [5.41, 5.74) is -0.318. The van der Waals surface area contributed by atoms with E-state index in [2.05, 4.69) is 0 Å². The Morgan fingerprint density at radius 2 is 2.20 bits per heavy atom. The second-order valence-corrected chi connectivity index (χ2v) is 4.41. The summed E-state index contributed by atoms with van der Waals surface area (Å²) in [5, 5.41) is 19.9. The largest absolute Gasteiger partial charge is 0.478 e. The maximum absolute atomic E-state index is 11.2. The molecule has 1 aromatic carbocycles. The summed E-state index contributed by atoms with van der Waals surface area (Å²) < 4.78 is 5.19. The zero-order chi connectivity index (χ0) is 15.3. The molecule has 0 aliphatic carbocycles. The monoisotopic (exact) mass is 302 g/mol. The molecule has 0 amide bonds. The lowest BCUT2D eigenvalue weighted by Crippen LogP contribution is -2.25. The minimum atomic E-state index is -1.27. The molecule has 0 saturated heterocycles. The van der Waals surface area contributed by atoms with Crippen LogP contribution in [0.4, 0.5) is 11.4 Å². The average molecular weight is 303 g/mol. The van der Waals surface area contributed by atoms with Gasteiger partial charge in [-0.1, -0.05) is 11.6 Å². The Bertz CT molecular complexity index is 521. The van der Waals surface area contributed by atoms with Crippen LogP contribution < -0.4 is 4.90 Å². The van der Waals surface area contributed by atoms with E-state index in [0.29, 0.717) is 19.8 Å². The van der Waals surface area contributed by atoms with Crippen LogP contribution in [0.2, 0.25) is 5.02 Å². The van der Waals surface area contributed by atoms with Crippen molar-refractivity contribution < 1.29 is 19.6 Å². The number of benzene rings is 1. The van der Waals surface area contributed by atoms with Gasteiger partial charge in [-0.05, 0) is 6.92 Å². The third kappa shape index (κ3) is 3.82. The zero-order valence-corrected chi connectivity index (χ0v) is 11.9. The van der Waals surface area contributed by atoms with Crippen LogP contribution in [0.3, 0.4) is 0 Å². The third-order valence-corrected chi connectivity index (χ3v) is 2.93. The van der Waals surface area contributed by atoms with Crippen LogP contribution in [0, 0.1) is 10.1 Å². The molecule has 7 nitrogen and oxygen atoms in total. The predicted octanol–water partition coefficient (Wildman–Crippen LogP) is 2.42. The number of carboxylic acid groups (broad SMARTS) is 1. The van der Waals surface area contributed by atoms with E-state index in [1.807, 2.05) is 6.92 Å². The molecule has 0 bridgehead atoms. The van der Waals surface area contributed by atoms with Crippen molar-refractivity contribution in [1.29, 1.82) is 0 Å². The Morgan fingerprint density at radius 1 is 1.55 bits per heavy atom. The fourth-order valence-corrected chi connectivity index (χ4v) is 2.06. The van der Waals surface area contributed by atoms with Gasteiger partial charge in [0.2, 0.25) is 0 Å². The van der Waals surface area contributed by atoms with Crippen LogP contribution >= 0.6 is 11.6 Å². The van der Waals surface area contributed by atoms with Gasteiger partial charge in [0.15, 0.2) is 0 Å². The second kappa shape index (κ2) is 7.06. The van der Waals surface area contributed by atoms with Crippen LogP contribution in [0.25, 0.3) is 0 Å². The van der Waals surface area contributed by atoms with Gasteiger partial charge >= 0.3 is 5.97 Å². The van der Waals surface area contributed by atoms with Gasteiger partial charge in [-0.3, -0.25) is 10.1 Å². The molecule has 0 unspecified atom stereocenters. The quantitative estimate of drug-likeness (QED) is 0.472. The summed E-state index contributed by atoms with van der Waals surface area (Å²) >= 11 is 5.98. The Hall–Kier alpha value is -1.86. The highest BCUT2D eigenvalue weighted by Gasteiger charge is 2.22. The van der Waals surface area contributed by atoms with E-state index in [4.69, 9.17) is 16.3 Å². The number of carbonyl (C=O) groups is 1. The normalized spacial score (nSPS) is 10.3. The third-order valence-electron chi connectivity index (χ3n) is 2.65. The summed E-state index contributed by atoms with van der Waals surface area (Å²) in [5.74, 6) is -1.27. The first kappa shape index (κ1) is 16.2. The van der Waals surface area contributed by atoms with E-state index < -0.39 is 10.9 Å². The van der Waals surface area contributed by atoms with Crippen molar-refractivity contribution in [2.24, 2.45) is 0 Å². The molecule has 1 aromatic rings. The van der Waals surface area contributed by atoms with Crippen molar-refractivity contribution >= 4 is 28.9 Å². The van der Waals surface area contributed by atoms with Gasteiger partial charge in [-0.15, -0.1) is 0 Å². The Labute approximate surface area is 120 Å². The van der Waals surface area contributed by atoms with Gasteiger partial charge in [0.25, 0.3) is 5.69 Å². The molecule has 0 aliphatic heterocycles. The van der Waals surface area contributed by atoms with Crippen molar-refractivity contribution in [3.05, 3.63) is 32.8 Å². The van der Waals surface area contributed by atoms with Crippen LogP contribution in [0.15, 0.2) is 12.1 Å². The molecule has 0 heterocycles. The minimum absolute atomic E-state index is 0.0237. The second-order valence-electron chi connectivity index (χ2n) is 4.00. The van der Waals surface area contributed by atoms with Gasteiger partial charge in [-0.25, -0.2) is 4.79 Å². The summed E-state index contributed by atoms with van der Waals surface area (Å²) in [6.07, 6.45) is 0. The molecule has 0 aliphatic rings. The molecule has 0 fully saturated rings. The summed E-state index contributed by atoms with van der Waals surface area (Å²) in [7, 11) is 1.65. The van der Waals surface area contributed by atoms with Gasteiger partial charge in [-0.2, -0.15) is 0 Å². The molecule has 20 heavy (non-hydrogen) atoms. The summed E-state index contributed by atoms with van der Waals surface area (Å²) in [6, 6.07) is 2.14. The van der Waals surface area contributed by atoms with E-state index in [0.717, 1.165) is 12.1 Å². The number of nitrogens with zero attached hydrogens (tertiary/aromatic N) is 2. The van der Waals surface area contributed by atoms with E-state index >= 15 is 0 Å². The number of carboxylic acids is 1. The Morgan fingerprint density at radius 3 is 2.70 bits per heavy atom. The SMILES string of the molecule is CCOCCN(C)c1c(Cl)cc([N+](=O)[O-])cc1C(=O)O. The summed E-state index contributed by atoms with van der Waals surface area (Å²) in [6.45, 7) is 3.22. The highest BCUT2D eigenvalue weighted by atomic mass is 35.5. The van der Waals surface area contributed by atoms with Gasteiger partial charge in [0.1, 0.15) is 0 Å². The zero-order valence-electron chi connectivity index (χ0n) is 11.1. The number of ether oxygens (including phenoxy) is 1. The van der Waals surface area contributed by atoms with Crippen molar-refractivity contribution in [3.8, 4) is 0 Å². The van der Waals surface area contributed by atoms with Crippen LogP contribution in [-0.2, 0) is 4.74 Å². The van der Waals surface area contributed by atoms with Crippen molar-refractivity contribution in [3.63, 3.8) is 0 Å². The lowest BCUT2D eigenvalue weighted by Gasteiger charge is -2.22. The Balaban J connectivity index is 3.17. The van der Waals surface area contributed by atoms with Crippen molar-refractivity contribution in [1.82, 2.24) is 0 Å². The molecular formula is C12H15ClN2O5. The number of nitro benzene ring substituents is 1. The molecule has 0 radical (unpaired) electrons. The number of rotatable bonds is 7. The Kier molecular flexibility index (Phi) is 5.72. The maximum atomic E-state index is 11.2. The molecule has 0 atom stereocenters. The van der Waals surface area contributed by atoms with Crippen molar-refractivity contribution in [2.45, 2.75) is 6.92 Å². The van der Waals surface area contributed by atoms with Gasteiger partial charge < -0.3 is 14.7 Å². The van der Waals surface area contributed by atoms with Gasteiger partial charge in [0.05, 0.1) is 27.8 Å². The molecule has 0 aromatic heterocycles. The van der Waals surface area contributed by atoms with Crippen molar-refractivity contribution in [2.75, 3.05) is 31.7 Å². The lowest BCUT2D eigenvalue weighted by molar-refractivity contribution is -0.384. The fraction of sp³-hybridized carbons (Fsp3) is 0.417. The highest BCUT2D eigenvalue weighted by Crippen LogP contribution is 2.33. The fourth-order valence-electron chi connectivity index (χ4n) is 1.70. The molecule has 0 saturated carbocycles. The topological polar surface area (TPSA) is 92.9 Å². The molecule has 1 rings (SSSR count). The van der Waals surface area contributed by atoms with Crippen LogP contribution in [-0.4, -0.2) is 42.8 Å². The predicted molar refractivity (Wildman–Crippen MR) is 74.8 cm³/mol. The lowest BCUT2D eigenvalue weighted by atomic mass is 10.1. The maximum Gasteiger partial charge on any atom is 0.338 e. The number of halogens is 1. The van der Waals surface area contributed by atoms with E-state index in [-0.39, 0.29) is 22.0 Å². The summed E-state index contributed by atoms with van der Waals surface area (Å²) in [4.78, 5) is 22.9. The van der Waals surface area contributed by atoms with Crippen LogP contribution in [0.5, 0.6) is 0 Å². The standard InChI is InChI=1S/C12H15ClN2O5/c1-3-20-5-4-14(2)11-9(12(16)17)6-8(15(18)19)7-10(11)13/h6-7H,3-5H2,1-2H3,(H,16,17). The van der Waals surface area contributed by atoms with Crippen LogP contribution in [0.1, 0.15) is 17.3 Å². The van der Waals surface area contributed by atoms with Gasteiger partial charge in [0, 0.05) is 32.3 Å². The number of nitro groups is 1. The van der Waals surface area contributed by atoms with E-state index in [1.54, 1.807) is 11.9 Å². The molecule has 1 N–H and O–H groups in total. The first-order valence-corrected chi connectivity index (χ1v) is 6.26. The molecular weight excluding hydrogens is 288 g/mol. The number of aromatic carboxylic acids is 1. The molecule has 110 valence electrons. The first-order chi connectivity index (χ1) is 9.38. The molecule has 0 spiro atoms. The van der Waals surface area contributed by atoms with E-state index in [9.17, 15) is 20.0 Å². The average Bonchev–Trinajstić information content (AvgIpc) is 2.37. The smallest absolute Gasteiger partial charge is 0.338 e. The number of hydrogen-bond donors (Lipinski definition) is 1. The number of likely N-dealkylation sites (N-methyl/N-ethyl adjacent to an activating group) is 1.